The number of likely N-dealkylation sites (N-methyl/N-ethyl adjacent to an activating group) is 1. The van der Waals surface area contributed by atoms with Crippen molar-refractivity contribution in [2.24, 2.45) is 0 Å². The lowest BCUT2D eigenvalue weighted by Gasteiger charge is -2.32. The number of anilines is 1. The Morgan fingerprint density at radius 1 is 1.47 bits per heavy atom. The quantitative estimate of drug-likeness (QED) is 0.846. The van der Waals surface area contributed by atoms with Crippen molar-refractivity contribution in [2.45, 2.75) is 33.4 Å². The van der Waals surface area contributed by atoms with Crippen LogP contribution >= 0.6 is 0 Å². The van der Waals surface area contributed by atoms with Gasteiger partial charge in [0, 0.05) is 13.1 Å². The summed E-state index contributed by atoms with van der Waals surface area (Å²) in [6, 6.07) is 0. The summed E-state index contributed by atoms with van der Waals surface area (Å²) in [4.78, 5) is 2.41. The van der Waals surface area contributed by atoms with Gasteiger partial charge in [-0.2, -0.15) is 5.10 Å². The molecular weight excluding hydrogens is 216 g/mol. The molecule has 1 aromatic rings. The zero-order valence-corrected chi connectivity index (χ0v) is 10.9. The molecule has 1 atom stereocenters. The van der Waals surface area contributed by atoms with Gasteiger partial charge in [-0.1, -0.05) is 6.92 Å². The molecule has 1 aliphatic rings. The van der Waals surface area contributed by atoms with E-state index in [1.54, 1.807) is 0 Å². The molecule has 1 fully saturated rings. The summed E-state index contributed by atoms with van der Waals surface area (Å²) in [5, 5.41) is 4.45. The second-order valence-corrected chi connectivity index (χ2v) is 4.65. The molecule has 2 N–H and O–H groups in total. The van der Waals surface area contributed by atoms with E-state index in [-0.39, 0.29) is 6.10 Å². The normalized spacial score (nSPS) is 21.9. The molecule has 0 radical (unpaired) electrons. The van der Waals surface area contributed by atoms with E-state index in [2.05, 4.69) is 16.9 Å². The van der Waals surface area contributed by atoms with Crippen LogP contribution in [0.25, 0.3) is 0 Å². The maximum atomic E-state index is 5.93. The highest BCUT2D eigenvalue weighted by Crippen LogP contribution is 2.16. The van der Waals surface area contributed by atoms with Crippen molar-refractivity contribution in [2.75, 3.05) is 32.0 Å². The van der Waals surface area contributed by atoms with Gasteiger partial charge in [0.1, 0.15) is 0 Å². The van der Waals surface area contributed by atoms with E-state index in [0.29, 0.717) is 0 Å². The largest absolute Gasteiger partial charge is 0.396 e. The zero-order valence-electron chi connectivity index (χ0n) is 10.9. The Morgan fingerprint density at radius 2 is 2.24 bits per heavy atom. The zero-order chi connectivity index (χ0) is 12.4. The Bertz CT molecular complexity index is 388. The average molecular weight is 238 g/mol. The van der Waals surface area contributed by atoms with Crippen LogP contribution in [-0.2, 0) is 11.3 Å². The Balaban J connectivity index is 2.02. The van der Waals surface area contributed by atoms with Crippen LogP contribution in [0.1, 0.15) is 18.3 Å². The summed E-state index contributed by atoms with van der Waals surface area (Å²) >= 11 is 0. The Morgan fingerprint density at radius 3 is 2.82 bits per heavy atom. The Hall–Kier alpha value is -1.07. The van der Waals surface area contributed by atoms with Crippen molar-refractivity contribution in [1.29, 1.82) is 0 Å². The average Bonchev–Trinajstić information content (AvgIpc) is 2.57. The first-order valence-electron chi connectivity index (χ1n) is 6.25. The predicted octanol–water partition coefficient (Wildman–Crippen LogP) is 0.803. The van der Waals surface area contributed by atoms with E-state index in [1.807, 2.05) is 18.5 Å². The lowest BCUT2D eigenvalue weighted by Crippen LogP contribution is -2.44. The smallest absolute Gasteiger partial charge is 0.0898 e. The molecule has 1 aromatic heterocycles. The molecule has 2 heterocycles. The molecule has 0 bridgehead atoms. The highest BCUT2D eigenvalue weighted by Gasteiger charge is 2.21. The number of nitrogens with zero attached hydrogens (tertiary/aromatic N) is 3. The molecule has 17 heavy (non-hydrogen) atoms. The molecule has 5 heteroatoms. The molecular formula is C12H22N4O. The van der Waals surface area contributed by atoms with Crippen LogP contribution in [0.2, 0.25) is 0 Å². The fourth-order valence-corrected chi connectivity index (χ4v) is 2.26. The van der Waals surface area contributed by atoms with Gasteiger partial charge in [0.15, 0.2) is 0 Å². The third-order valence-electron chi connectivity index (χ3n) is 3.48. The van der Waals surface area contributed by atoms with Crippen LogP contribution in [0.3, 0.4) is 0 Å². The minimum atomic E-state index is 0.223. The fraction of sp³-hybridized carbons (Fsp3) is 0.750. The molecule has 0 aromatic carbocycles. The maximum Gasteiger partial charge on any atom is 0.0898 e. The highest BCUT2D eigenvalue weighted by molar-refractivity contribution is 5.46. The third kappa shape index (κ3) is 2.61. The molecule has 0 amide bonds. The number of morpholine rings is 1. The van der Waals surface area contributed by atoms with Gasteiger partial charge < -0.3 is 10.5 Å². The van der Waals surface area contributed by atoms with Crippen molar-refractivity contribution in [3.8, 4) is 0 Å². The Labute approximate surface area is 103 Å². The van der Waals surface area contributed by atoms with Crippen LogP contribution in [0.4, 0.5) is 5.69 Å². The maximum absolute atomic E-state index is 5.93. The summed E-state index contributed by atoms with van der Waals surface area (Å²) in [7, 11) is 0. The topological polar surface area (TPSA) is 56.3 Å². The number of nitrogens with two attached hydrogens (primary N) is 1. The number of aryl methyl sites for hydroxylation is 1. The molecule has 5 nitrogen and oxygen atoms in total. The van der Waals surface area contributed by atoms with E-state index >= 15 is 0 Å². The standard InChI is InChI=1S/C12H22N4O/c1-4-15-5-6-17-11(7-15)8-16-10(3)12(13)9(2)14-16/h11H,4-8,13H2,1-3H3. The van der Waals surface area contributed by atoms with Crippen LogP contribution < -0.4 is 5.73 Å². The van der Waals surface area contributed by atoms with Crippen LogP contribution in [0.5, 0.6) is 0 Å². The van der Waals surface area contributed by atoms with Gasteiger partial charge in [-0.3, -0.25) is 9.58 Å². The molecule has 1 unspecified atom stereocenters. The van der Waals surface area contributed by atoms with Gasteiger partial charge in [-0.05, 0) is 20.4 Å². The highest BCUT2D eigenvalue weighted by atomic mass is 16.5. The van der Waals surface area contributed by atoms with E-state index < -0.39 is 0 Å². The monoisotopic (exact) mass is 238 g/mol. The number of aromatic nitrogens is 2. The molecule has 96 valence electrons. The van der Waals surface area contributed by atoms with Crippen LogP contribution in [0, 0.1) is 13.8 Å². The number of rotatable bonds is 3. The molecule has 1 aliphatic heterocycles. The van der Waals surface area contributed by atoms with Gasteiger partial charge in [0.2, 0.25) is 0 Å². The van der Waals surface area contributed by atoms with Crippen LogP contribution in [-0.4, -0.2) is 47.0 Å². The second kappa shape index (κ2) is 5.06. The van der Waals surface area contributed by atoms with E-state index in [0.717, 1.165) is 49.9 Å². The molecule has 1 saturated heterocycles. The van der Waals surface area contributed by atoms with Crippen molar-refractivity contribution in [1.82, 2.24) is 14.7 Å². The third-order valence-corrected chi connectivity index (χ3v) is 3.48. The number of nitrogen functional groups attached to an aromatic ring is 1. The SMILES string of the molecule is CCN1CCOC(Cn2nc(C)c(N)c2C)C1. The van der Waals surface area contributed by atoms with E-state index in [4.69, 9.17) is 10.5 Å². The molecule has 0 spiro atoms. The number of hydrogen-bond acceptors (Lipinski definition) is 4. The summed E-state index contributed by atoms with van der Waals surface area (Å²) in [5.41, 5.74) is 8.68. The summed E-state index contributed by atoms with van der Waals surface area (Å²) in [6.45, 7) is 10.8. The van der Waals surface area contributed by atoms with Gasteiger partial charge in [0.25, 0.3) is 0 Å². The number of ether oxygens (including phenoxy) is 1. The predicted molar refractivity (Wildman–Crippen MR) is 68.0 cm³/mol. The molecule has 2 rings (SSSR count). The fourth-order valence-electron chi connectivity index (χ4n) is 2.26. The van der Waals surface area contributed by atoms with E-state index in [9.17, 15) is 0 Å². The lowest BCUT2D eigenvalue weighted by atomic mass is 10.2. The summed E-state index contributed by atoms with van der Waals surface area (Å²) < 4.78 is 7.74. The van der Waals surface area contributed by atoms with Gasteiger partial charge in [-0.15, -0.1) is 0 Å². The van der Waals surface area contributed by atoms with Gasteiger partial charge >= 0.3 is 0 Å². The summed E-state index contributed by atoms with van der Waals surface area (Å²) in [5.74, 6) is 0. The van der Waals surface area contributed by atoms with Crippen molar-refractivity contribution in [3.05, 3.63) is 11.4 Å². The first-order valence-corrected chi connectivity index (χ1v) is 6.25. The first kappa shape index (κ1) is 12.4. The second-order valence-electron chi connectivity index (χ2n) is 4.65. The Kier molecular flexibility index (Phi) is 3.69. The van der Waals surface area contributed by atoms with Crippen molar-refractivity contribution >= 4 is 5.69 Å². The number of hydrogen-bond donors (Lipinski definition) is 1. The van der Waals surface area contributed by atoms with Gasteiger partial charge in [-0.25, -0.2) is 0 Å². The first-order chi connectivity index (χ1) is 8.11. The van der Waals surface area contributed by atoms with Crippen molar-refractivity contribution < 1.29 is 4.74 Å². The summed E-state index contributed by atoms with van der Waals surface area (Å²) in [6.07, 6.45) is 0.223. The molecule has 0 saturated carbocycles. The minimum Gasteiger partial charge on any atom is -0.396 e. The molecule has 0 aliphatic carbocycles. The van der Waals surface area contributed by atoms with Crippen molar-refractivity contribution in [3.63, 3.8) is 0 Å². The van der Waals surface area contributed by atoms with Gasteiger partial charge in [0.05, 0.1) is 36.3 Å². The van der Waals surface area contributed by atoms with E-state index in [1.165, 1.54) is 0 Å². The lowest BCUT2D eigenvalue weighted by molar-refractivity contribution is -0.0360. The van der Waals surface area contributed by atoms with Crippen LogP contribution in [0.15, 0.2) is 0 Å². The minimum absolute atomic E-state index is 0.223.